The molecule has 0 aromatic heterocycles. The molecule has 2 rings (SSSR count). The minimum absolute atomic E-state index is 0.00291. The summed E-state index contributed by atoms with van der Waals surface area (Å²) in [5.41, 5.74) is 1.36. The second kappa shape index (κ2) is 8.81. The van der Waals surface area contributed by atoms with Crippen molar-refractivity contribution in [1.29, 1.82) is 0 Å². The predicted octanol–water partition coefficient (Wildman–Crippen LogP) is 2.91. The SMILES string of the molecule is Cc1ccc([N+](=O)[O-])cc1S(=O)(=O)NCc1ccc(NC(=O)NC(C)C)cc1. The summed E-state index contributed by atoms with van der Waals surface area (Å²) in [7, 11) is -3.92. The maximum Gasteiger partial charge on any atom is 0.319 e. The first-order valence-electron chi connectivity index (χ1n) is 8.49. The molecule has 0 aliphatic rings. The Kier molecular flexibility index (Phi) is 6.71. The lowest BCUT2D eigenvalue weighted by atomic mass is 10.2. The van der Waals surface area contributed by atoms with Gasteiger partial charge in [-0.2, -0.15) is 0 Å². The van der Waals surface area contributed by atoms with Crippen LogP contribution in [0.3, 0.4) is 0 Å². The zero-order valence-corrected chi connectivity index (χ0v) is 16.5. The minimum atomic E-state index is -3.92. The topological polar surface area (TPSA) is 130 Å². The Morgan fingerprint density at radius 3 is 2.36 bits per heavy atom. The minimum Gasteiger partial charge on any atom is -0.336 e. The van der Waals surface area contributed by atoms with Gasteiger partial charge in [-0.25, -0.2) is 17.9 Å². The normalized spacial score (nSPS) is 11.3. The smallest absolute Gasteiger partial charge is 0.319 e. The zero-order valence-electron chi connectivity index (χ0n) is 15.7. The van der Waals surface area contributed by atoms with E-state index in [1.54, 1.807) is 31.2 Å². The summed E-state index contributed by atoms with van der Waals surface area (Å²) in [5.74, 6) is 0. The predicted molar refractivity (Wildman–Crippen MR) is 106 cm³/mol. The summed E-state index contributed by atoms with van der Waals surface area (Å²) in [6.07, 6.45) is 0. The molecule has 2 amide bonds. The molecule has 3 N–H and O–H groups in total. The molecule has 0 spiro atoms. The van der Waals surface area contributed by atoms with Crippen molar-refractivity contribution in [2.75, 3.05) is 5.32 Å². The molecule has 10 heteroatoms. The van der Waals surface area contributed by atoms with Crippen molar-refractivity contribution in [2.24, 2.45) is 0 Å². The number of hydrogen-bond donors (Lipinski definition) is 3. The van der Waals surface area contributed by atoms with Crippen LogP contribution in [0.15, 0.2) is 47.4 Å². The van der Waals surface area contributed by atoms with Crippen LogP contribution >= 0.6 is 0 Å². The summed E-state index contributed by atoms with van der Waals surface area (Å²) >= 11 is 0. The Morgan fingerprint density at radius 1 is 1.14 bits per heavy atom. The van der Waals surface area contributed by atoms with Gasteiger partial charge in [0.05, 0.1) is 9.82 Å². The number of nitro groups is 1. The van der Waals surface area contributed by atoms with Crippen molar-refractivity contribution >= 4 is 27.4 Å². The van der Waals surface area contributed by atoms with Crippen LogP contribution in [0.1, 0.15) is 25.0 Å². The third-order valence-corrected chi connectivity index (χ3v) is 5.31. The van der Waals surface area contributed by atoms with E-state index in [1.165, 1.54) is 12.1 Å². The van der Waals surface area contributed by atoms with E-state index < -0.39 is 14.9 Å². The molecule has 0 bridgehead atoms. The van der Waals surface area contributed by atoms with Crippen molar-refractivity contribution in [3.63, 3.8) is 0 Å². The number of benzene rings is 2. The highest BCUT2D eigenvalue weighted by atomic mass is 32.2. The van der Waals surface area contributed by atoms with E-state index in [0.29, 0.717) is 16.8 Å². The number of nitrogens with zero attached hydrogens (tertiary/aromatic N) is 1. The molecular weight excluding hydrogens is 384 g/mol. The number of sulfonamides is 1. The molecule has 2 aromatic carbocycles. The number of nitro benzene ring substituents is 1. The Balaban J connectivity index is 2.06. The van der Waals surface area contributed by atoms with E-state index >= 15 is 0 Å². The molecule has 0 saturated heterocycles. The summed E-state index contributed by atoms with van der Waals surface area (Å²) in [6, 6.07) is 10.0. The van der Waals surface area contributed by atoms with Crippen LogP contribution in [0, 0.1) is 17.0 Å². The highest BCUT2D eigenvalue weighted by Gasteiger charge is 2.20. The van der Waals surface area contributed by atoms with Crippen molar-refractivity contribution in [3.05, 3.63) is 63.7 Å². The molecule has 0 atom stereocenters. The fraction of sp³-hybridized carbons (Fsp3) is 0.278. The number of aryl methyl sites for hydroxylation is 1. The molecule has 0 aliphatic heterocycles. The Morgan fingerprint density at radius 2 is 1.79 bits per heavy atom. The van der Waals surface area contributed by atoms with Crippen molar-refractivity contribution in [3.8, 4) is 0 Å². The van der Waals surface area contributed by atoms with Crippen LogP contribution in [0.2, 0.25) is 0 Å². The molecule has 0 fully saturated rings. The third kappa shape index (κ3) is 5.76. The first kappa shape index (κ1) is 21.3. The molecule has 9 nitrogen and oxygen atoms in total. The van der Waals surface area contributed by atoms with Crippen LogP contribution in [-0.2, 0) is 16.6 Å². The highest BCUT2D eigenvalue weighted by Crippen LogP contribution is 2.22. The molecule has 0 aliphatic carbocycles. The summed E-state index contributed by atoms with van der Waals surface area (Å²) < 4.78 is 27.5. The van der Waals surface area contributed by atoms with E-state index in [4.69, 9.17) is 0 Å². The molecule has 28 heavy (non-hydrogen) atoms. The fourth-order valence-electron chi connectivity index (χ4n) is 2.38. The fourth-order valence-corrected chi connectivity index (χ4v) is 3.66. The maximum absolute atomic E-state index is 12.5. The van der Waals surface area contributed by atoms with Gasteiger partial charge in [0.2, 0.25) is 10.0 Å². The lowest BCUT2D eigenvalue weighted by molar-refractivity contribution is -0.385. The summed E-state index contributed by atoms with van der Waals surface area (Å²) in [4.78, 5) is 21.8. The van der Waals surface area contributed by atoms with Crippen LogP contribution in [0.5, 0.6) is 0 Å². The number of amides is 2. The maximum atomic E-state index is 12.5. The van der Waals surface area contributed by atoms with Crippen molar-refractivity contribution in [1.82, 2.24) is 10.0 Å². The van der Waals surface area contributed by atoms with Crippen LogP contribution < -0.4 is 15.4 Å². The number of carbonyl (C=O) groups excluding carboxylic acids is 1. The summed E-state index contributed by atoms with van der Waals surface area (Å²) in [5, 5.41) is 16.3. The monoisotopic (exact) mass is 406 g/mol. The van der Waals surface area contributed by atoms with Gasteiger partial charge in [-0.3, -0.25) is 10.1 Å². The number of carbonyl (C=O) groups is 1. The lowest BCUT2D eigenvalue weighted by Crippen LogP contribution is -2.34. The quantitative estimate of drug-likeness (QED) is 0.481. The van der Waals surface area contributed by atoms with Gasteiger partial charge in [-0.15, -0.1) is 0 Å². The average Bonchev–Trinajstić information content (AvgIpc) is 2.60. The molecule has 0 radical (unpaired) electrons. The Hall–Kier alpha value is -2.98. The van der Waals surface area contributed by atoms with Gasteiger partial charge < -0.3 is 10.6 Å². The number of hydrogen-bond acceptors (Lipinski definition) is 5. The summed E-state index contributed by atoms with van der Waals surface area (Å²) in [6.45, 7) is 5.26. The van der Waals surface area contributed by atoms with Crippen LogP contribution in [0.25, 0.3) is 0 Å². The second-order valence-electron chi connectivity index (χ2n) is 6.48. The van der Waals surface area contributed by atoms with Gasteiger partial charge in [0.25, 0.3) is 5.69 Å². The second-order valence-corrected chi connectivity index (χ2v) is 8.22. The number of non-ortho nitro benzene ring substituents is 1. The van der Waals surface area contributed by atoms with Gasteiger partial charge in [0.1, 0.15) is 0 Å². The molecular formula is C18H22N4O5S. The first-order chi connectivity index (χ1) is 13.1. The third-order valence-electron chi connectivity index (χ3n) is 3.77. The van der Waals surface area contributed by atoms with E-state index in [1.807, 2.05) is 13.8 Å². The zero-order chi connectivity index (χ0) is 20.9. The number of nitrogens with one attached hydrogen (secondary N) is 3. The molecule has 0 unspecified atom stereocenters. The standard InChI is InChI=1S/C18H22N4O5S/c1-12(2)20-18(23)21-15-7-5-14(6-8-15)11-19-28(26,27)17-10-16(22(24)25)9-4-13(17)3/h4-10,12,19H,11H2,1-3H3,(H2,20,21,23). The first-order valence-corrected chi connectivity index (χ1v) is 9.98. The van der Waals surface area contributed by atoms with Gasteiger partial charge in [0.15, 0.2) is 0 Å². The lowest BCUT2D eigenvalue weighted by Gasteiger charge is -2.11. The Labute approximate surface area is 163 Å². The van der Waals surface area contributed by atoms with Crippen molar-refractivity contribution < 1.29 is 18.1 Å². The largest absolute Gasteiger partial charge is 0.336 e. The van der Waals surface area contributed by atoms with E-state index in [2.05, 4.69) is 15.4 Å². The van der Waals surface area contributed by atoms with Gasteiger partial charge in [0, 0.05) is 30.4 Å². The molecule has 0 saturated carbocycles. The van der Waals surface area contributed by atoms with Gasteiger partial charge in [-0.1, -0.05) is 18.2 Å². The van der Waals surface area contributed by atoms with E-state index in [0.717, 1.165) is 6.07 Å². The van der Waals surface area contributed by atoms with Crippen molar-refractivity contribution in [2.45, 2.75) is 38.3 Å². The van der Waals surface area contributed by atoms with Gasteiger partial charge in [-0.05, 0) is 44.0 Å². The number of anilines is 1. The van der Waals surface area contributed by atoms with Gasteiger partial charge >= 0.3 is 6.03 Å². The average molecular weight is 406 g/mol. The molecule has 2 aromatic rings. The number of urea groups is 1. The Bertz CT molecular complexity index is 972. The molecule has 150 valence electrons. The van der Waals surface area contributed by atoms with E-state index in [9.17, 15) is 23.3 Å². The highest BCUT2D eigenvalue weighted by molar-refractivity contribution is 7.89. The van der Waals surface area contributed by atoms with Crippen LogP contribution in [0.4, 0.5) is 16.2 Å². The van der Waals surface area contributed by atoms with Crippen LogP contribution in [-0.4, -0.2) is 25.4 Å². The van der Waals surface area contributed by atoms with E-state index in [-0.39, 0.29) is 29.2 Å². The molecule has 0 heterocycles. The number of rotatable bonds is 7.